The van der Waals surface area contributed by atoms with E-state index in [0.717, 1.165) is 6.42 Å². The van der Waals surface area contributed by atoms with E-state index in [1.807, 2.05) is 19.9 Å². The molecule has 0 aromatic heterocycles. The van der Waals surface area contributed by atoms with Crippen LogP contribution >= 0.6 is 11.6 Å². The first-order valence-corrected chi connectivity index (χ1v) is 7.20. The zero-order valence-electron chi connectivity index (χ0n) is 13.2. The minimum absolute atomic E-state index is 0.102. The minimum atomic E-state index is -0.353. The van der Waals surface area contributed by atoms with Gasteiger partial charge in [-0.1, -0.05) is 38.4 Å². The van der Waals surface area contributed by atoms with Gasteiger partial charge in [-0.3, -0.25) is 0 Å². The second kappa shape index (κ2) is 6.36. The molecule has 0 aliphatic carbocycles. The smallest absolute Gasteiger partial charge is 0.319 e. The molecule has 0 fully saturated rings. The van der Waals surface area contributed by atoms with E-state index in [1.165, 1.54) is 0 Å². The molecule has 2 amide bonds. The Morgan fingerprint density at radius 1 is 1.29 bits per heavy atom. The zero-order chi connectivity index (χ0) is 16.3. The number of rotatable bonds is 3. The molecule has 0 atom stereocenters. The first-order chi connectivity index (χ1) is 9.54. The van der Waals surface area contributed by atoms with Gasteiger partial charge in [0.25, 0.3) is 0 Å². The third-order valence-corrected chi connectivity index (χ3v) is 3.11. The number of urea groups is 1. The summed E-state index contributed by atoms with van der Waals surface area (Å²) >= 11 is 5.94. The second-order valence-electron chi connectivity index (χ2n) is 6.97. The van der Waals surface area contributed by atoms with Crippen molar-refractivity contribution in [3.8, 4) is 6.07 Å². The number of amides is 2. The molecule has 0 spiro atoms. The van der Waals surface area contributed by atoms with Gasteiger partial charge in [0.2, 0.25) is 0 Å². The number of nitrogens with one attached hydrogen (secondary N) is 2. The zero-order valence-corrected chi connectivity index (χ0v) is 13.9. The Balaban J connectivity index is 2.80. The monoisotopic (exact) mass is 307 g/mol. The van der Waals surface area contributed by atoms with Gasteiger partial charge in [0.15, 0.2) is 0 Å². The van der Waals surface area contributed by atoms with Crippen molar-refractivity contribution in [1.29, 1.82) is 5.26 Å². The minimum Gasteiger partial charge on any atom is -0.333 e. The molecule has 0 radical (unpaired) electrons. The fraction of sp³-hybridized carbons (Fsp3) is 0.500. The molecule has 0 aliphatic heterocycles. The van der Waals surface area contributed by atoms with Crippen LogP contribution in [0.15, 0.2) is 18.2 Å². The molecular formula is C16H22ClN3O. The number of halogens is 1. The molecule has 0 aliphatic rings. The highest BCUT2D eigenvalue weighted by Crippen LogP contribution is 2.27. The van der Waals surface area contributed by atoms with Crippen molar-refractivity contribution in [1.82, 2.24) is 5.32 Å². The highest BCUT2D eigenvalue weighted by molar-refractivity contribution is 6.32. The molecule has 0 heterocycles. The van der Waals surface area contributed by atoms with E-state index in [2.05, 4.69) is 31.4 Å². The van der Waals surface area contributed by atoms with Gasteiger partial charge in [0.1, 0.15) is 6.07 Å². The van der Waals surface area contributed by atoms with Crippen molar-refractivity contribution < 1.29 is 4.79 Å². The molecule has 1 aromatic rings. The van der Waals surface area contributed by atoms with Gasteiger partial charge in [0, 0.05) is 5.54 Å². The predicted octanol–water partition coefficient (Wildman–Crippen LogP) is 4.55. The third kappa shape index (κ3) is 5.65. The van der Waals surface area contributed by atoms with Crippen LogP contribution in [0.1, 0.15) is 46.6 Å². The predicted molar refractivity (Wildman–Crippen MR) is 86.5 cm³/mol. The summed E-state index contributed by atoms with van der Waals surface area (Å²) in [6.07, 6.45) is 0.827. The first kappa shape index (κ1) is 17.3. The molecule has 0 saturated heterocycles. The van der Waals surface area contributed by atoms with Crippen LogP contribution in [0.4, 0.5) is 10.5 Å². The number of hydrogen-bond acceptors (Lipinski definition) is 2. The molecule has 0 bridgehead atoms. The maximum atomic E-state index is 12.1. The Morgan fingerprint density at radius 2 is 1.90 bits per heavy atom. The van der Waals surface area contributed by atoms with Crippen LogP contribution in [0.25, 0.3) is 0 Å². The SMILES string of the molecule is CC(C)(C)CC(C)(C)NC(=O)Nc1cccc(Cl)c1C#N. The van der Waals surface area contributed by atoms with Crippen LogP contribution < -0.4 is 10.6 Å². The molecule has 4 nitrogen and oxygen atoms in total. The highest BCUT2D eigenvalue weighted by Gasteiger charge is 2.27. The van der Waals surface area contributed by atoms with Gasteiger partial charge in [-0.25, -0.2) is 4.79 Å². The molecule has 2 N–H and O–H groups in total. The lowest BCUT2D eigenvalue weighted by Crippen LogP contribution is -2.47. The van der Waals surface area contributed by atoms with Gasteiger partial charge in [-0.15, -0.1) is 0 Å². The van der Waals surface area contributed by atoms with E-state index < -0.39 is 0 Å². The number of carbonyl (C=O) groups is 1. The van der Waals surface area contributed by atoms with Gasteiger partial charge < -0.3 is 10.6 Å². The van der Waals surface area contributed by atoms with Crippen LogP contribution in [-0.4, -0.2) is 11.6 Å². The fourth-order valence-electron chi connectivity index (χ4n) is 2.57. The maximum Gasteiger partial charge on any atom is 0.319 e. The van der Waals surface area contributed by atoms with Crippen molar-refractivity contribution in [2.75, 3.05) is 5.32 Å². The lowest BCUT2D eigenvalue weighted by molar-refractivity contribution is 0.220. The topological polar surface area (TPSA) is 64.9 Å². The summed E-state index contributed by atoms with van der Waals surface area (Å²) in [6, 6.07) is 6.62. The molecule has 1 aromatic carbocycles. The standard InChI is InChI=1S/C16H22ClN3O/c1-15(2,3)10-16(4,5)20-14(21)19-13-8-6-7-12(17)11(13)9-18/h6-8H,10H2,1-5H3,(H2,19,20,21). The largest absolute Gasteiger partial charge is 0.333 e. The Bertz CT molecular complexity index is 568. The average Bonchev–Trinajstić information content (AvgIpc) is 2.24. The molecule has 5 heteroatoms. The number of benzene rings is 1. The summed E-state index contributed by atoms with van der Waals surface area (Å²) in [5, 5.41) is 15.0. The number of nitrogens with zero attached hydrogens (tertiary/aromatic N) is 1. The Kier molecular flexibility index (Phi) is 5.25. The lowest BCUT2D eigenvalue weighted by atomic mass is 9.82. The summed E-state index contributed by atoms with van der Waals surface area (Å²) in [5.41, 5.74) is 0.426. The highest BCUT2D eigenvalue weighted by atomic mass is 35.5. The van der Waals surface area contributed by atoms with Crippen LogP contribution in [0, 0.1) is 16.7 Å². The first-order valence-electron chi connectivity index (χ1n) is 6.82. The van der Waals surface area contributed by atoms with E-state index in [-0.39, 0.29) is 22.5 Å². The Labute approximate surface area is 131 Å². The normalized spacial score (nSPS) is 11.7. The van der Waals surface area contributed by atoms with Gasteiger partial charge in [0.05, 0.1) is 16.3 Å². The van der Waals surface area contributed by atoms with Crippen LogP contribution in [0.5, 0.6) is 0 Å². The summed E-state index contributed by atoms with van der Waals surface area (Å²) < 4.78 is 0. The van der Waals surface area contributed by atoms with Crippen LogP contribution in [-0.2, 0) is 0 Å². The van der Waals surface area contributed by atoms with E-state index in [4.69, 9.17) is 16.9 Å². The van der Waals surface area contributed by atoms with Crippen molar-refractivity contribution in [2.45, 2.75) is 46.6 Å². The molecule has 1 rings (SSSR count). The molecule has 114 valence electrons. The molecule has 21 heavy (non-hydrogen) atoms. The maximum absolute atomic E-state index is 12.1. The number of nitriles is 1. The molecule has 0 unspecified atom stereocenters. The Morgan fingerprint density at radius 3 is 2.43 bits per heavy atom. The second-order valence-corrected chi connectivity index (χ2v) is 7.38. The van der Waals surface area contributed by atoms with E-state index in [9.17, 15) is 4.79 Å². The van der Waals surface area contributed by atoms with E-state index >= 15 is 0 Å². The van der Waals surface area contributed by atoms with Crippen molar-refractivity contribution in [3.63, 3.8) is 0 Å². The van der Waals surface area contributed by atoms with Gasteiger partial charge in [-0.2, -0.15) is 5.26 Å². The quantitative estimate of drug-likeness (QED) is 0.860. The van der Waals surface area contributed by atoms with Crippen molar-refractivity contribution >= 4 is 23.3 Å². The third-order valence-electron chi connectivity index (χ3n) is 2.80. The van der Waals surface area contributed by atoms with E-state index in [0.29, 0.717) is 10.7 Å². The summed E-state index contributed by atoms with van der Waals surface area (Å²) in [5.74, 6) is 0. The van der Waals surface area contributed by atoms with Gasteiger partial charge >= 0.3 is 6.03 Å². The fourth-order valence-corrected chi connectivity index (χ4v) is 2.79. The number of anilines is 1. The average molecular weight is 308 g/mol. The molecule has 0 saturated carbocycles. The summed E-state index contributed by atoms with van der Waals surface area (Å²) in [7, 11) is 0. The lowest BCUT2D eigenvalue weighted by Gasteiger charge is -2.33. The number of carbonyl (C=O) groups excluding carboxylic acids is 1. The summed E-state index contributed by atoms with van der Waals surface area (Å²) in [6.45, 7) is 10.3. The number of hydrogen-bond donors (Lipinski definition) is 2. The van der Waals surface area contributed by atoms with Crippen LogP contribution in [0.2, 0.25) is 5.02 Å². The molecular weight excluding hydrogens is 286 g/mol. The van der Waals surface area contributed by atoms with Crippen molar-refractivity contribution in [3.05, 3.63) is 28.8 Å². The Hall–Kier alpha value is -1.73. The van der Waals surface area contributed by atoms with Gasteiger partial charge in [-0.05, 0) is 37.8 Å². The van der Waals surface area contributed by atoms with Crippen molar-refractivity contribution in [2.24, 2.45) is 5.41 Å². The van der Waals surface area contributed by atoms with Crippen LogP contribution in [0.3, 0.4) is 0 Å². The van der Waals surface area contributed by atoms with E-state index in [1.54, 1.807) is 18.2 Å². The summed E-state index contributed by atoms with van der Waals surface area (Å²) in [4.78, 5) is 12.1.